The van der Waals surface area contributed by atoms with Crippen molar-refractivity contribution < 1.29 is 14.6 Å². The lowest BCUT2D eigenvalue weighted by atomic mass is 10.0. The van der Waals surface area contributed by atoms with Gasteiger partial charge < -0.3 is 9.84 Å². The van der Waals surface area contributed by atoms with Crippen molar-refractivity contribution in [1.29, 1.82) is 0 Å². The molecular formula is C9H15NO3S. The Morgan fingerprint density at radius 3 is 3.00 bits per heavy atom. The maximum Gasteiger partial charge on any atom is 0.321 e. The summed E-state index contributed by atoms with van der Waals surface area (Å²) in [5.41, 5.74) is 0. The van der Waals surface area contributed by atoms with E-state index in [2.05, 4.69) is 5.32 Å². The highest BCUT2D eigenvalue weighted by Crippen LogP contribution is 2.29. The summed E-state index contributed by atoms with van der Waals surface area (Å²) in [5, 5.41) is 12.2. The minimum Gasteiger partial charge on any atom is -0.480 e. The number of ether oxygens (including phenoxy) is 1. The molecule has 2 unspecified atom stereocenters. The molecule has 2 aliphatic rings. The van der Waals surface area contributed by atoms with Crippen LogP contribution in [0.5, 0.6) is 0 Å². The summed E-state index contributed by atoms with van der Waals surface area (Å²) < 4.78 is 5.39. The lowest BCUT2D eigenvalue weighted by Crippen LogP contribution is -2.41. The highest BCUT2D eigenvalue weighted by Gasteiger charge is 2.34. The fourth-order valence-corrected chi connectivity index (χ4v) is 3.30. The standard InChI is InChI=1S/C9H15NO3S/c11-9(12)7-5-14-8(10-7)6-2-1-3-13-4-6/h6-8,10H,1-5H2,(H,11,12)/t6?,7-,8?/m0/s1. The van der Waals surface area contributed by atoms with Crippen molar-refractivity contribution >= 4 is 17.7 Å². The lowest BCUT2D eigenvalue weighted by Gasteiger charge is -2.27. The van der Waals surface area contributed by atoms with Crippen LogP contribution in [0.2, 0.25) is 0 Å². The number of carboxylic acid groups (broad SMARTS) is 1. The predicted molar refractivity (Wildman–Crippen MR) is 54.3 cm³/mol. The number of carbonyl (C=O) groups is 1. The third-order valence-electron chi connectivity index (χ3n) is 2.73. The summed E-state index contributed by atoms with van der Waals surface area (Å²) in [5.74, 6) is 0.422. The molecule has 3 atom stereocenters. The quantitative estimate of drug-likeness (QED) is 0.706. The van der Waals surface area contributed by atoms with Gasteiger partial charge in [0.1, 0.15) is 6.04 Å². The molecule has 2 heterocycles. The summed E-state index contributed by atoms with van der Waals surface area (Å²) in [6.45, 7) is 1.63. The number of aliphatic carboxylic acids is 1. The monoisotopic (exact) mass is 217 g/mol. The van der Waals surface area contributed by atoms with Crippen LogP contribution in [0.3, 0.4) is 0 Å². The summed E-state index contributed by atoms with van der Waals surface area (Å²) >= 11 is 1.71. The zero-order chi connectivity index (χ0) is 9.97. The second-order valence-corrected chi connectivity index (χ2v) is 4.96. The van der Waals surface area contributed by atoms with Crippen molar-refractivity contribution in [3.8, 4) is 0 Å². The summed E-state index contributed by atoms with van der Waals surface area (Å²) in [4.78, 5) is 10.7. The van der Waals surface area contributed by atoms with E-state index in [1.807, 2.05) is 0 Å². The van der Waals surface area contributed by atoms with Gasteiger partial charge in [0, 0.05) is 18.3 Å². The van der Waals surface area contributed by atoms with E-state index in [0.717, 1.165) is 26.1 Å². The van der Waals surface area contributed by atoms with Crippen LogP contribution in [0.25, 0.3) is 0 Å². The Kier molecular flexibility index (Phi) is 3.30. The first kappa shape index (κ1) is 10.3. The highest BCUT2D eigenvalue weighted by molar-refractivity contribution is 8.00. The van der Waals surface area contributed by atoms with Gasteiger partial charge in [-0.25, -0.2) is 0 Å². The Bertz CT molecular complexity index is 218. The van der Waals surface area contributed by atoms with E-state index in [4.69, 9.17) is 9.84 Å². The molecule has 0 aromatic heterocycles. The van der Waals surface area contributed by atoms with Crippen molar-refractivity contribution in [2.75, 3.05) is 19.0 Å². The molecule has 0 amide bonds. The Labute approximate surface area is 87.4 Å². The van der Waals surface area contributed by atoms with Crippen molar-refractivity contribution in [2.45, 2.75) is 24.3 Å². The molecule has 2 rings (SSSR count). The van der Waals surface area contributed by atoms with Crippen LogP contribution in [0, 0.1) is 5.92 Å². The molecule has 80 valence electrons. The van der Waals surface area contributed by atoms with Crippen LogP contribution in [0.1, 0.15) is 12.8 Å². The molecule has 4 nitrogen and oxygen atoms in total. The van der Waals surface area contributed by atoms with Gasteiger partial charge in [0.05, 0.1) is 12.0 Å². The predicted octanol–water partition coefficient (Wildman–Crippen LogP) is 0.529. The Hall–Kier alpha value is -0.260. The normalized spacial score (nSPS) is 38.4. The highest BCUT2D eigenvalue weighted by atomic mass is 32.2. The molecule has 0 bridgehead atoms. The van der Waals surface area contributed by atoms with E-state index in [1.165, 1.54) is 0 Å². The van der Waals surface area contributed by atoms with E-state index in [-0.39, 0.29) is 11.4 Å². The second-order valence-electron chi connectivity index (χ2n) is 3.79. The smallest absolute Gasteiger partial charge is 0.321 e. The number of rotatable bonds is 2. The molecule has 0 spiro atoms. The molecule has 0 aromatic rings. The van der Waals surface area contributed by atoms with Crippen LogP contribution >= 0.6 is 11.8 Å². The first-order valence-electron chi connectivity index (χ1n) is 4.95. The molecule has 2 saturated heterocycles. The average molecular weight is 217 g/mol. The van der Waals surface area contributed by atoms with Gasteiger partial charge in [-0.3, -0.25) is 10.1 Å². The van der Waals surface area contributed by atoms with Gasteiger partial charge in [-0.2, -0.15) is 0 Å². The first-order valence-corrected chi connectivity index (χ1v) is 6.00. The van der Waals surface area contributed by atoms with Crippen LogP contribution < -0.4 is 5.32 Å². The second kappa shape index (κ2) is 4.51. The molecule has 0 saturated carbocycles. The van der Waals surface area contributed by atoms with Crippen LogP contribution in [-0.2, 0) is 9.53 Å². The number of hydrogen-bond acceptors (Lipinski definition) is 4. The molecule has 0 aliphatic carbocycles. The molecule has 2 N–H and O–H groups in total. The molecule has 2 aliphatic heterocycles. The van der Waals surface area contributed by atoms with Crippen LogP contribution in [0.15, 0.2) is 0 Å². The van der Waals surface area contributed by atoms with E-state index in [1.54, 1.807) is 11.8 Å². The van der Waals surface area contributed by atoms with Crippen molar-refractivity contribution in [2.24, 2.45) is 5.92 Å². The fourth-order valence-electron chi connectivity index (χ4n) is 1.91. The van der Waals surface area contributed by atoms with Gasteiger partial charge in [-0.15, -0.1) is 11.8 Å². The number of hydrogen-bond donors (Lipinski definition) is 2. The zero-order valence-electron chi connectivity index (χ0n) is 7.94. The third kappa shape index (κ3) is 2.21. The van der Waals surface area contributed by atoms with Crippen LogP contribution in [0.4, 0.5) is 0 Å². The molecule has 14 heavy (non-hydrogen) atoms. The van der Waals surface area contributed by atoms with Gasteiger partial charge in [0.15, 0.2) is 0 Å². The van der Waals surface area contributed by atoms with E-state index < -0.39 is 5.97 Å². The maximum atomic E-state index is 10.7. The van der Waals surface area contributed by atoms with Gasteiger partial charge in [0.25, 0.3) is 0 Å². The molecule has 5 heteroatoms. The topological polar surface area (TPSA) is 58.6 Å². The molecule has 0 radical (unpaired) electrons. The average Bonchev–Trinajstić information content (AvgIpc) is 2.68. The Balaban J connectivity index is 1.85. The van der Waals surface area contributed by atoms with Crippen molar-refractivity contribution in [1.82, 2.24) is 5.32 Å². The summed E-state index contributed by atoms with van der Waals surface area (Å²) in [6, 6.07) is -0.369. The minimum absolute atomic E-state index is 0.274. The van der Waals surface area contributed by atoms with Crippen molar-refractivity contribution in [3.05, 3.63) is 0 Å². The van der Waals surface area contributed by atoms with E-state index in [9.17, 15) is 4.79 Å². The minimum atomic E-state index is -0.739. The third-order valence-corrected chi connectivity index (χ3v) is 4.14. The van der Waals surface area contributed by atoms with Gasteiger partial charge in [-0.1, -0.05) is 0 Å². The lowest BCUT2D eigenvalue weighted by molar-refractivity contribution is -0.138. The zero-order valence-corrected chi connectivity index (χ0v) is 8.76. The molecule has 0 aromatic carbocycles. The van der Waals surface area contributed by atoms with Gasteiger partial charge in [0.2, 0.25) is 0 Å². The Morgan fingerprint density at radius 2 is 2.43 bits per heavy atom. The number of carboxylic acids is 1. The molecule has 2 fully saturated rings. The molecular weight excluding hydrogens is 202 g/mol. The van der Waals surface area contributed by atoms with Crippen LogP contribution in [-0.4, -0.2) is 41.5 Å². The van der Waals surface area contributed by atoms with Gasteiger partial charge >= 0.3 is 5.97 Å². The summed E-state index contributed by atoms with van der Waals surface area (Å²) in [6.07, 6.45) is 2.25. The van der Waals surface area contributed by atoms with E-state index in [0.29, 0.717) is 11.7 Å². The maximum absolute atomic E-state index is 10.7. The fraction of sp³-hybridized carbons (Fsp3) is 0.889. The largest absolute Gasteiger partial charge is 0.480 e. The van der Waals surface area contributed by atoms with Gasteiger partial charge in [-0.05, 0) is 12.8 Å². The Morgan fingerprint density at radius 1 is 1.57 bits per heavy atom. The van der Waals surface area contributed by atoms with Crippen molar-refractivity contribution in [3.63, 3.8) is 0 Å². The SMILES string of the molecule is O=C(O)[C@@H]1CSC(C2CCCOC2)N1. The number of thioether (sulfide) groups is 1. The number of nitrogens with one attached hydrogen (secondary N) is 1. The summed E-state index contributed by atoms with van der Waals surface area (Å²) in [7, 11) is 0. The van der Waals surface area contributed by atoms with E-state index >= 15 is 0 Å². The first-order chi connectivity index (χ1) is 6.77.